The van der Waals surface area contributed by atoms with Gasteiger partial charge in [0, 0.05) is 18.7 Å². The molecule has 1 aliphatic rings. The largest absolute Gasteiger partial charge is 0.496 e. The van der Waals surface area contributed by atoms with Crippen molar-refractivity contribution < 1.29 is 14.3 Å². The van der Waals surface area contributed by atoms with Crippen LogP contribution in [0.5, 0.6) is 5.75 Å². The first kappa shape index (κ1) is 15.8. The Balaban J connectivity index is 2.30. The van der Waals surface area contributed by atoms with Crippen LogP contribution >= 0.6 is 15.9 Å². The third-order valence-corrected chi connectivity index (χ3v) is 4.11. The molecule has 0 saturated carbocycles. The Kier molecular flexibility index (Phi) is 5.22. The molecule has 1 unspecified atom stereocenters. The first-order chi connectivity index (χ1) is 10.1. The van der Waals surface area contributed by atoms with E-state index in [1.54, 1.807) is 12.0 Å². The van der Waals surface area contributed by atoms with Crippen LogP contribution in [0.3, 0.4) is 0 Å². The first-order valence-corrected chi connectivity index (χ1v) is 7.80. The van der Waals surface area contributed by atoms with Crippen molar-refractivity contribution >= 4 is 33.4 Å². The lowest BCUT2D eigenvalue weighted by molar-refractivity contribution is -0.125. The van der Waals surface area contributed by atoms with E-state index in [1.807, 2.05) is 25.1 Å². The van der Waals surface area contributed by atoms with E-state index in [0.717, 1.165) is 16.6 Å². The number of carbonyl (C=O) groups excluding carboxylic acids is 2. The number of hydrogen-bond donors (Lipinski definition) is 1. The summed E-state index contributed by atoms with van der Waals surface area (Å²) in [4.78, 5) is 26.0. The van der Waals surface area contributed by atoms with E-state index in [1.165, 1.54) is 0 Å². The van der Waals surface area contributed by atoms with E-state index in [9.17, 15) is 9.59 Å². The van der Waals surface area contributed by atoms with E-state index in [0.29, 0.717) is 25.1 Å². The molecule has 5 nitrogen and oxygen atoms in total. The average Bonchev–Trinajstić information content (AvgIpc) is 2.59. The molecule has 1 aliphatic heterocycles. The van der Waals surface area contributed by atoms with Gasteiger partial charge in [0.2, 0.25) is 11.8 Å². The summed E-state index contributed by atoms with van der Waals surface area (Å²) in [6.07, 6.45) is 1.81. The highest BCUT2D eigenvalue weighted by Crippen LogP contribution is 2.30. The minimum atomic E-state index is -0.439. The molecular formula is C15H19BrN2O3. The van der Waals surface area contributed by atoms with Crippen molar-refractivity contribution in [2.24, 2.45) is 0 Å². The van der Waals surface area contributed by atoms with Crippen molar-refractivity contribution in [1.82, 2.24) is 5.32 Å². The quantitative estimate of drug-likeness (QED) is 0.903. The Labute approximate surface area is 132 Å². The Hall–Kier alpha value is -1.56. The molecule has 21 heavy (non-hydrogen) atoms. The Bertz CT molecular complexity index is 548. The lowest BCUT2D eigenvalue weighted by Gasteiger charge is -2.24. The molecule has 2 rings (SSSR count). The van der Waals surface area contributed by atoms with Crippen molar-refractivity contribution in [2.75, 3.05) is 18.6 Å². The standard InChI is InChI=1S/C15H19BrN2O3/c1-3-4-12-15(20)18(8-7-14(19)17-12)10-5-6-13(21-2)11(16)9-10/h5-6,9,12H,3-4,7-8H2,1-2H3,(H,17,19). The topological polar surface area (TPSA) is 58.6 Å². The summed E-state index contributed by atoms with van der Waals surface area (Å²) in [5.41, 5.74) is 0.769. The number of methoxy groups -OCH3 is 1. The zero-order valence-electron chi connectivity index (χ0n) is 12.2. The van der Waals surface area contributed by atoms with Gasteiger partial charge < -0.3 is 15.0 Å². The molecule has 0 spiro atoms. The third-order valence-electron chi connectivity index (χ3n) is 3.49. The maximum atomic E-state index is 12.6. The fourth-order valence-corrected chi connectivity index (χ4v) is 2.93. The van der Waals surface area contributed by atoms with E-state index >= 15 is 0 Å². The molecule has 1 aromatic rings. The van der Waals surface area contributed by atoms with Crippen LogP contribution in [0, 0.1) is 0 Å². The van der Waals surface area contributed by atoms with Gasteiger partial charge in [-0.2, -0.15) is 0 Å². The summed E-state index contributed by atoms with van der Waals surface area (Å²) in [5.74, 6) is 0.581. The lowest BCUT2D eigenvalue weighted by atomic mass is 10.1. The summed E-state index contributed by atoms with van der Waals surface area (Å²) in [7, 11) is 1.59. The zero-order chi connectivity index (χ0) is 15.4. The van der Waals surface area contributed by atoms with Crippen LogP contribution in [-0.2, 0) is 9.59 Å². The number of nitrogens with zero attached hydrogens (tertiary/aromatic N) is 1. The number of rotatable bonds is 4. The molecule has 1 aromatic carbocycles. The summed E-state index contributed by atoms with van der Waals surface area (Å²) in [6, 6.07) is 5.04. The van der Waals surface area contributed by atoms with Crippen LogP contribution in [0.4, 0.5) is 5.69 Å². The second-order valence-corrected chi connectivity index (χ2v) is 5.82. The van der Waals surface area contributed by atoms with E-state index < -0.39 is 6.04 Å². The van der Waals surface area contributed by atoms with Crippen molar-refractivity contribution in [1.29, 1.82) is 0 Å². The highest BCUT2D eigenvalue weighted by atomic mass is 79.9. The summed E-state index contributed by atoms with van der Waals surface area (Å²) >= 11 is 3.43. The van der Waals surface area contributed by atoms with Gasteiger partial charge in [-0.3, -0.25) is 9.59 Å². The molecule has 6 heteroatoms. The number of anilines is 1. The Morgan fingerprint density at radius 3 is 2.81 bits per heavy atom. The van der Waals surface area contributed by atoms with Crippen molar-refractivity contribution in [3.63, 3.8) is 0 Å². The van der Waals surface area contributed by atoms with Gasteiger partial charge in [-0.15, -0.1) is 0 Å². The highest BCUT2D eigenvalue weighted by Gasteiger charge is 2.30. The van der Waals surface area contributed by atoms with Crippen LogP contribution in [-0.4, -0.2) is 31.5 Å². The number of halogens is 1. The molecule has 1 N–H and O–H groups in total. The smallest absolute Gasteiger partial charge is 0.249 e. The van der Waals surface area contributed by atoms with Crippen LogP contribution in [0.1, 0.15) is 26.2 Å². The molecule has 114 valence electrons. The van der Waals surface area contributed by atoms with Gasteiger partial charge in [0.1, 0.15) is 11.8 Å². The molecule has 1 heterocycles. The third kappa shape index (κ3) is 3.56. The monoisotopic (exact) mass is 354 g/mol. The maximum absolute atomic E-state index is 12.6. The van der Waals surface area contributed by atoms with Gasteiger partial charge in [-0.25, -0.2) is 0 Å². The molecular weight excluding hydrogens is 336 g/mol. The van der Waals surface area contributed by atoms with Gasteiger partial charge in [0.25, 0.3) is 0 Å². The number of carbonyl (C=O) groups is 2. The van der Waals surface area contributed by atoms with Gasteiger partial charge in [-0.1, -0.05) is 13.3 Å². The van der Waals surface area contributed by atoms with Crippen LogP contribution < -0.4 is 15.0 Å². The predicted molar refractivity (Wildman–Crippen MR) is 84.5 cm³/mol. The zero-order valence-corrected chi connectivity index (χ0v) is 13.8. The summed E-state index contributed by atoms with van der Waals surface area (Å²) in [5, 5.41) is 2.80. The van der Waals surface area contributed by atoms with E-state index in [2.05, 4.69) is 21.2 Å². The lowest BCUT2D eigenvalue weighted by Crippen LogP contribution is -2.44. The maximum Gasteiger partial charge on any atom is 0.249 e. The van der Waals surface area contributed by atoms with Gasteiger partial charge in [0.15, 0.2) is 0 Å². The summed E-state index contributed by atoms with van der Waals surface area (Å²) in [6.45, 7) is 2.39. The van der Waals surface area contributed by atoms with Crippen LogP contribution in [0.15, 0.2) is 22.7 Å². The Morgan fingerprint density at radius 2 is 2.19 bits per heavy atom. The molecule has 0 aliphatic carbocycles. The second kappa shape index (κ2) is 6.93. The molecule has 0 bridgehead atoms. The van der Waals surface area contributed by atoms with Crippen LogP contribution in [0.25, 0.3) is 0 Å². The predicted octanol–water partition coefficient (Wildman–Crippen LogP) is 2.48. The molecule has 1 saturated heterocycles. The number of ether oxygens (including phenoxy) is 1. The Morgan fingerprint density at radius 1 is 1.43 bits per heavy atom. The normalized spacial score (nSPS) is 19.2. The minimum Gasteiger partial charge on any atom is -0.496 e. The van der Waals surface area contributed by atoms with Gasteiger partial charge >= 0.3 is 0 Å². The molecule has 2 amide bonds. The van der Waals surface area contributed by atoms with E-state index in [-0.39, 0.29) is 11.8 Å². The number of benzene rings is 1. The number of hydrogen-bond acceptors (Lipinski definition) is 3. The summed E-state index contributed by atoms with van der Waals surface area (Å²) < 4.78 is 5.98. The van der Waals surface area contributed by atoms with Gasteiger partial charge in [-0.05, 0) is 40.5 Å². The van der Waals surface area contributed by atoms with Crippen molar-refractivity contribution in [2.45, 2.75) is 32.2 Å². The second-order valence-electron chi connectivity index (χ2n) is 4.97. The van der Waals surface area contributed by atoms with Crippen LogP contribution in [0.2, 0.25) is 0 Å². The fourth-order valence-electron chi connectivity index (χ4n) is 2.40. The fraction of sp³-hybridized carbons (Fsp3) is 0.467. The van der Waals surface area contributed by atoms with E-state index in [4.69, 9.17) is 4.74 Å². The van der Waals surface area contributed by atoms with Crippen molar-refractivity contribution in [3.05, 3.63) is 22.7 Å². The highest BCUT2D eigenvalue weighted by molar-refractivity contribution is 9.10. The number of nitrogens with one attached hydrogen (secondary N) is 1. The van der Waals surface area contributed by atoms with Crippen molar-refractivity contribution in [3.8, 4) is 5.75 Å². The minimum absolute atomic E-state index is 0.0558. The van der Waals surface area contributed by atoms with Gasteiger partial charge in [0.05, 0.1) is 11.6 Å². The number of amides is 2. The molecule has 1 atom stereocenters. The molecule has 1 fully saturated rings. The SMILES string of the molecule is CCCC1NC(=O)CCN(c2ccc(OC)c(Br)c2)C1=O. The first-order valence-electron chi connectivity index (χ1n) is 7.01. The molecule has 0 aromatic heterocycles. The molecule has 0 radical (unpaired) electrons. The average molecular weight is 355 g/mol.